The first kappa shape index (κ1) is 22.2. The number of esters is 2. The molecule has 33 heavy (non-hydrogen) atoms. The van der Waals surface area contributed by atoms with Crippen molar-refractivity contribution in [2.24, 2.45) is 4.99 Å². The third-order valence-corrected chi connectivity index (χ3v) is 5.23. The molecular weight excluding hydrogens is 449 g/mol. The van der Waals surface area contributed by atoms with Gasteiger partial charge in [0, 0.05) is 10.6 Å². The Kier molecular flexibility index (Phi) is 6.24. The average Bonchev–Trinajstić information content (AvgIpc) is 3.16. The van der Waals surface area contributed by atoms with Crippen LogP contribution >= 0.6 is 11.6 Å². The quantitative estimate of drug-likeness (QED) is 0.288. The zero-order valence-electron chi connectivity index (χ0n) is 17.6. The third-order valence-electron chi connectivity index (χ3n) is 4.83. The van der Waals surface area contributed by atoms with Crippen molar-refractivity contribution < 1.29 is 28.2 Å². The number of carbonyl (C=O) groups is 2. The van der Waals surface area contributed by atoms with Crippen molar-refractivity contribution in [1.29, 1.82) is 0 Å². The van der Waals surface area contributed by atoms with Crippen LogP contribution in [0.4, 0.5) is 4.39 Å². The summed E-state index contributed by atoms with van der Waals surface area (Å²) in [5, 5.41) is 0.536. The average molecular weight is 466 g/mol. The summed E-state index contributed by atoms with van der Waals surface area (Å²) in [6, 6.07) is 15.4. The number of aliphatic imine (C=N–C) groups is 1. The molecule has 0 N–H and O–H groups in total. The summed E-state index contributed by atoms with van der Waals surface area (Å²) in [6.45, 7) is 1.87. The first-order valence-electron chi connectivity index (χ1n) is 9.79. The molecular formula is C25H17ClFNO5. The SMILES string of the molecule is COc1cc(/C=C2\N=C(c3ccc(C)c(Cl)c3)OC2=O)ccc1OC(=O)c1ccccc1F. The lowest BCUT2D eigenvalue weighted by Crippen LogP contribution is -2.11. The topological polar surface area (TPSA) is 74.2 Å². The van der Waals surface area contributed by atoms with E-state index in [2.05, 4.69) is 4.99 Å². The highest BCUT2D eigenvalue weighted by Crippen LogP contribution is 2.31. The molecule has 6 nitrogen and oxygen atoms in total. The number of benzene rings is 3. The van der Waals surface area contributed by atoms with Crippen molar-refractivity contribution in [3.63, 3.8) is 0 Å². The summed E-state index contributed by atoms with van der Waals surface area (Å²) in [7, 11) is 1.40. The Labute approximate surface area is 193 Å². The van der Waals surface area contributed by atoms with Crippen molar-refractivity contribution >= 4 is 35.5 Å². The summed E-state index contributed by atoms with van der Waals surface area (Å²) >= 11 is 6.15. The molecule has 0 bridgehead atoms. The minimum absolute atomic E-state index is 0.0832. The number of nitrogens with zero attached hydrogens (tertiary/aromatic N) is 1. The molecule has 0 saturated heterocycles. The molecule has 0 amide bonds. The molecule has 0 aromatic heterocycles. The van der Waals surface area contributed by atoms with Crippen LogP contribution in [-0.4, -0.2) is 24.9 Å². The van der Waals surface area contributed by atoms with Crippen molar-refractivity contribution in [1.82, 2.24) is 0 Å². The van der Waals surface area contributed by atoms with E-state index >= 15 is 0 Å². The fraction of sp³-hybridized carbons (Fsp3) is 0.0800. The van der Waals surface area contributed by atoms with Gasteiger partial charge in [-0.15, -0.1) is 0 Å². The number of ether oxygens (including phenoxy) is 3. The second-order valence-corrected chi connectivity index (χ2v) is 7.49. The van der Waals surface area contributed by atoms with E-state index in [1.165, 1.54) is 43.5 Å². The predicted molar refractivity (Wildman–Crippen MR) is 121 cm³/mol. The highest BCUT2D eigenvalue weighted by molar-refractivity contribution is 6.31. The zero-order valence-corrected chi connectivity index (χ0v) is 18.4. The largest absolute Gasteiger partial charge is 0.493 e. The lowest BCUT2D eigenvalue weighted by Gasteiger charge is -2.10. The molecule has 3 aromatic carbocycles. The van der Waals surface area contributed by atoms with E-state index in [-0.39, 0.29) is 28.7 Å². The second kappa shape index (κ2) is 9.26. The van der Waals surface area contributed by atoms with E-state index < -0.39 is 17.8 Å². The predicted octanol–water partition coefficient (Wildman–Crippen LogP) is 5.36. The Bertz CT molecular complexity index is 1330. The molecule has 1 aliphatic heterocycles. The minimum atomic E-state index is -0.858. The Morgan fingerprint density at radius 3 is 2.61 bits per heavy atom. The smallest absolute Gasteiger partial charge is 0.363 e. The van der Waals surface area contributed by atoms with Crippen molar-refractivity contribution in [2.75, 3.05) is 7.11 Å². The van der Waals surface area contributed by atoms with E-state index in [0.29, 0.717) is 16.1 Å². The van der Waals surface area contributed by atoms with Gasteiger partial charge < -0.3 is 14.2 Å². The van der Waals surface area contributed by atoms with Gasteiger partial charge in [0.1, 0.15) is 5.82 Å². The van der Waals surface area contributed by atoms with Gasteiger partial charge in [-0.05, 0) is 60.5 Å². The summed E-state index contributed by atoms with van der Waals surface area (Å²) in [5.74, 6) is -1.70. The Morgan fingerprint density at radius 1 is 1.09 bits per heavy atom. The van der Waals surface area contributed by atoms with Crippen molar-refractivity contribution in [2.45, 2.75) is 6.92 Å². The van der Waals surface area contributed by atoms with Gasteiger partial charge in [0.15, 0.2) is 17.2 Å². The van der Waals surface area contributed by atoms with Crippen LogP contribution in [0.1, 0.15) is 27.0 Å². The highest BCUT2D eigenvalue weighted by Gasteiger charge is 2.25. The van der Waals surface area contributed by atoms with Gasteiger partial charge in [-0.25, -0.2) is 19.0 Å². The van der Waals surface area contributed by atoms with E-state index in [0.717, 1.165) is 5.56 Å². The van der Waals surface area contributed by atoms with Gasteiger partial charge in [-0.2, -0.15) is 0 Å². The molecule has 8 heteroatoms. The van der Waals surface area contributed by atoms with E-state index in [1.807, 2.05) is 13.0 Å². The van der Waals surface area contributed by atoms with Crippen LogP contribution in [0.5, 0.6) is 11.5 Å². The van der Waals surface area contributed by atoms with Gasteiger partial charge >= 0.3 is 11.9 Å². The Hall–Kier alpha value is -3.97. The van der Waals surface area contributed by atoms with Gasteiger partial charge in [0.05, 0.1) is 12.7 Å². The molecule has 0 fully saturated rings. The maximum Gasteiger partial charge on any atom is 0.363 e. The molecule has 0 unspecified atom stereocenters. The summed E-state index contributed by atoms with van der Waals surface area (Å²) in [6.07, 6.45) is 1.51. The molecule has 166 valence electrons. The summed E-state index contributed by atoms with van der Waals surface area (Å²) in [5.41, 5.74) is 1.91. The minimum Gasteiger partial charge on any atom is -0.493 e. The normalized spacial score (nSPS) is 14.1. The molecule has 0 atom stereocenters. The number of methoxy groups -OCH3 is 1. The standard InChI is InChI=1S/C25H17ClFNO5/c1-14-7-9-16(13-18(14)26)23-28-20(25(30)33-23)11-15-8-10-21(22(12-15)31-2)32-24(29)17-5-3-4-6-19(17)27/h3-13H,1-2H3/b20-11-. The van der Waals surface area contributed by atoms with Crippen LogP contribution in [0, 0.1) is 12.7 Å². The van der Waals surface area contributed by atoms with Gasteiger partial charge in [-0.1, -0.05) is 35.9 Å². The Balaban J connectivity index is 1.59. The number of rotatable bonds is 5. The highest BCUT2D eigenvalue weighted by atomic mass is 35.5. The molecule has 0 aliphatic carbocycles. The number of aryl methyl sites for hydroxylation is 1. The molecule has 4 rings (SSSR count). The maximum atomic E-state index is 13.8. The summed E-state index contributed by atoms with van der Waals surface area (Å²) < 4.78 is 29.7. The van der Waals surface area contributed by atoms with E-state index in [1.54, 1.807) is 24.3 Å². The first-order valence-corrected chi connectivity index (χ1v) is 10.2. The van der Waals surface area contributed by atoms with Crippen LogP contribution in [0.2, 0.25) is 5.02 Å². The number of halogens is 2. The number of cyclic esters (lactones) is 1. The maximum absolute atomic E-state index is 13.8. The van der Waals surface area contributed by atoms with Crippen LogP contribution in [0.25, 0.3) is 6.08 Å². The van der Waals surface area contributed by atoms with Crippen LogP contribution in [0.15, 0.2) is 71.4 Å². The monoisotopic (exact) mass is 465 g/mol. The molecule has 3 aromatic rings. The molecule has 0 radical (unpaired) electrons. The van der Waals surface area contributed by atoms with Gasteiger partial charge in [-0.3, -0.25) is 0 Å². The van der Waals surface area contributed by atoms with Gasteiger partial charge in [0.25, 0.3) is 0 Å². The molecule has 0 spiro atoms. The number of hydrogen-bond donors (Lipinski definition) is 0. The van der Waals surface area contributed by atoms with Crippen LogP contribution in [-0.2, 0) is 9.53 Å². The fourth-order valence-corrected chi connectivity index (χ4v) is 3.24. The van der Waals surface area contributed by atoms with Crippen LogP contribution in [0.3, 0.4) is 0 Å². The lowest BCUT2D eigenvalue weighted by atomic mass is 10.1. The number of carbonyl (C=O) groups excluding carboxylic acids is 2. The fourth-order valence-electron chi connectivity index (χ4n) is 3.06. The summed E-state index contributed by atoms with van der Waals surface area (Å²) in [4.78, 5) is 28.9. The first-order chi connectivity index (χ1) is 15.9. The van der Waals surface area contributed by atoms with Crippen LogP contribution < -0.4 is 9.47 Å². The van der Waals surface area contributed by atoms with E-state index in [9.17, 15) is 14.0 Å². The van der Waals surface area contributed by atoms with E-state index in [4.69, 9.17) is 25.8 Å². The second-order valence-electron chi connectivity index (χ2n) is 7.08. The molecule has 1 aliphatic rings. The number of hydrogen-bond acceptors (Lipinski definition) is 6. The molecule has 0 saturated carbocycles. The lowest BCUT2D eigenvalue weighted by molar-refractivity contribution is -0.129. The van der Waals surface area contributed by atoms with Gasteiger partial charge in [0.2, 0.25) is 5.90 Å². The van der Waals surface area contributed by atoms with Crippen molar-refractivity contribution in [3.8, 4) is 11.5 Å². The Morgan fingerprint density at radius 2 is 1.88 bits per heavy atom. The van der Waals surface area contributed by atoms with Crippen molar-refractivity contribution in [3.05, 3.63) is 99.5 Å². The zero-order chi connectivity index (χ0) is 23.5. The molecule has 1 heterocycles. The third kappa shape index (κ3) is 4.78.